The van der Waals surface area contributed by atoms with E-state index in [2.05, 4.69) is 5.10 Å². The zero-order valence-corrected chi connectivity index (χ0v) is 15.3. The topological polar surface area (TPSA) is 82.8 Å². The van der Waals surface area contributed by atoms with E-state index in [1.807, 2.05) is 18.2 Å². The standard InChI is InChI=1S/C20H15N3O3S/c1-2-26-20(25)16(13-21)19-23(15-11-7-4-8-12-15)22-18(27-19)17(24)14-9-5-3-6-10-14/h3-12H,2H2,1H3/b19-16-. The van der Waals surface area contributed by atoms with E-state index in [4.69, 9.17) is 4.74 Å². The number of Topliss-reactive ketones (excluding diaryl/α,β-unsaturated/α-hetero) is 1. The van der Waals surface area contributed by atoms with Gasteiger partial charge < -0.3 is 4.74 Å². The second kappa shape index (κ2) is 8.34. The monoisotopic (exact) mass is 377 g/mol. The van der Waals surface area contributed by atoms with Crippen molar-refractivity contribution in [2.24, 2.45) is 5.10 Å². The summed E-state index contributed by atoms with van der Waals surface area (Å²) in [7, 11) is 0. The highest BCUT2D eigenvalue weighted by Gasteiger charge is 2.33. The zero-order chi connectivity index (χ0) is 19.2. The number of hydrazone groups is 1. The van der Waals surface area contributed by atoms with Gasteiger partial charge in [-0.25, -0.2) is 9.80 Å². The Hall–Kier alpha value is -3.37. The Morgan fingerprint density at radius 1 is 1.11 bits per heavy atom. The lowest BCUT2D eigenvalue weighted by atomic mass is 10.1. The van der Waals surface area contributed by atoms with Crippen LogP contribution in [0, 0.1) is 11.3 Å². The van der Waals surface area contributed by atoms with Crippen LogP contribution >= 0.6 is 11.8 Å². The molecule has 0 saturated heterocycles. The Labute approximate surface area is 160 Å². The molecule has 134 valence electrons. The Morgan fingerprint density at radius 3 is 2.33 bits per heavy atom. The fourth-order valence-corrected chi connectivity index (χ4v) is 3.36. The molecule has 27 heavy (non-hydrogen) atoms. The third-order valence-corrected chi connectivity index (χ3v) is 4.64. The molecular formula is C20H15N3O3S. The van der Waals surface area contributed by atoms with Crippen LogP contribution < -0.4 is 5.01 Å². The molecular weight excluding hydrogens is 362 g/mol. The van der Waals surface area contributed by atoms with Crippen molar-refractivity contribution in [1.82, 2.24) is 0 Å². The van der Waals surface area contributed by atoms with Gasteiger partial charge in [-0.15, -0.1) is 0 Å². The van der Waals surface area contributed by atoms with E-state index < -0.39 is 5.97 Å². The number of hydrogen-bond acceptors (Lipinski definition) is 7. The molecule has 1 aliphatic heterocycles. The smallest absolute Gasteiger partial charge is 0.351 e. The quantitative estimate of drug-likeness (QED) is 0.342. The lowest BCUT2D eigenvalue weighted by Gasteiger charge is -2.16. The number of carbonyl (C=O) groups is 2. The normalized spacial score (nSPS) is 15.0. The van der Waals surface area contributed by atoms with Crippen molar-refractivity contribution >= 4 is 34.2 Å². The summed E-state index contributed by atoms with van der Waals surface area (Å²) in [4.78, 5) is 25.0. The minimum Gasteiger partial charge on any atom is -0.462 e. The maximum Gasteiger partial charge on any atom is 0.351 e. The lowest BCUT2D eigenvalue weighted by Crippen LogP contribution is -2.16. The summed E-state index contributed by atoms with van der Waals surface area (Å²) in [5.74, 6) is -1.02. The van der Waals surface area contributed by atoms with Gasteiger partial charge in [-0.05, 0) is 30.8 Å². The minimum absolute atomic E-state index is 0.143. The minimum atomic E-state index is -0.743. The second-order valence-corrected chi connectivity index (χ2v) is 6.34. The molecule has 7 heteroatoms. The number of esters is 1. The van der Waals surface area contributed by atoms with Gasteiger partial charge in [0.05, 0.1) is 12.3 Å². The number of para-hydroxylation sites is 1. The molecule has 0 aliphatic carbocycles. The maximum atomic E-state index is 12.8. The van der Waals surface area contributed by atoms with Crippen molar-refractivity contribution in [2.75, 3.05) is 11.6 Å². The summed E-state index contributed by atoms with van der Waals surface area (Å²) in [5, 5.41) is 15.7. The van der Waals surface area contributed by atoms with E-state index in [0.29, 0.717) is 11.3 Å². The van der Waals surface area contributed by atoms with Crippen molar-refractivity contribution in [1.29, 1.82) is 5.26 Å². The molecule has 0 fully saturated rings. The SMILES string of the molecule is CCOC(=O)/C(C#N)=C1\SC(C(=O)c2ccccc2)=NN1c1ccccc1. The van der Waals surface area contributed by atoms with Crippen molar-refractivity contribution in [3.05, 3.63) is 76.8 Å². The fraction of sp³-hybridized carbons (Fsp3) is 0.100. The Bertz CT molecular complexity index is 963. The summed E-state index contributed by atoms with van der Waals surface area (Å²) >= 11 is 0.986. The number of nitriles is 1. The van der Waals surface area contributed by atoms with E-state index in [-0.39, 0.29) is 28.0 Å². The van der Waals surface area contributed by atoms with Crippen molar-refractivity contribution in [3.63, 3.8) is 0 Å². The van der Waals surface area contributed by atoms with E-state index in [1.54, 1.807) is 55.5 Å². The van der Waals surface area contributed by atoms with Crippen LogP contribution in [0.4, 0.5) is 5.69 Å². The van der Waals surface area contributed by atoms with Gasteiger partial charge in [-0.3, -0.25) is 4.79 Å². The van der Waals surface area contributed by atoms with Crippen LogP contribution in [0.5, 0.6) is 0 Å². The molecule has 0 radical (unpaired) electrons. The number of thioether (sulfide) groups is 1. The van der Waals surface area contributed by atoms with Gasteiger partial charge >= 0.3 is 5.97 Å². The third-order valence-electron chi connectivity index (χ3n) is 3.61. The number of carbonyl (C=O) groups excluding carboxylic acids is 2. The summed E-state index contributed by atoms with van der Waals surface area (Å²) in [6, 6.07) is 19.6. The summed E-state index contributed by atoms with van der Waals surface area (Å²) < 4.78 is 4.98. The van der Waals surface area contributed by atoms with Gasteiger partial charge in [-0.1, -0.05) is 48.5 Å². The predicted octanol–water partition coefficient (Wildman–Crippen LogP) is 3.73. The molecule has 0 bridgehead atoms. The van der Waals surface area contributed by atoms with E-state index in [9.17, 15) is 14.9 Å². The molecule has 0 atom stereocenters. The average Bonchev–Trinajstić information content (AvgIpc) is 3.14. The Kier molecular flexibility index (Phi) is 5.69. The molecule has 1 heterocycles. The van der Waals surface area contributed by atoms with Crippen LogP contribution in [0.3, 0.4) is 0 Å². The van der Waals surface area contributed by atoms with Gasteiger partial charge in [0, 0.05) is 5.56 Å². The molecule has 2 aromatic rings. The molecule has 0 saturated carbocycles. The first-order valence-corrected chi connectivity index (χ1v) is 9.00. The van der Waals surface area contributed by atoms with E-state index >= 15 is 0 Å². The molecule has 0 unspecified atom stereocenters. The van der Waals surface area contributed by atoms with Gasteiger partial charge in [0.25, 0.3) is 0 Å². The third kappa shape index (κ3) is 3.91. The lowest BCUT2D eigenvalue weighted by molar-refractivity contribution is -0.138. The molecule has 6 nitrogen and oxygen atoms in total. The molecule has 0 amide bonds. The van der Waals surface area contributed by atoms with Gasteiger partial charge in [-0.2, -0.15) is 10.4 Å². The Morgan fingerprint density at radius 2 is 1.74 bits per heavy atom. The highest BCUT2D eigenvalue weighted by Crippen LogP contribution is 2.37. The van der Waals surface area contributed by atoms with Crippen LogP contribution in [-0.4, -0.2) is 23.4 Å². The van der Waals surface area contributed by atoms with Crippen LogP contribution in [0.2, 0.25) is 0 Å². The van der Waals surface area contributed by atoms with Crippen LogP contribution in [-0.2, 0) is 9.53 Å². The van der Waals surface area contributed by atoms with E-state index in [0.717, 1.165) is 11.8 Å². The first kappa shape index (κ1) is 18.4. The largest absolute Gasteiger partial charge is 0.462 e. The van der Waals surface area contributed by atoms with Crippen molar-refractivity contribution < 1.29 is 14.3 Å². The zero-order valence-electron chi connectivity index (χ0n) is 14.5. The number of ether oxygens (including phenoxy) is 1. The number of benzene rings is 2. The molecule has 1 aliphatic rings. The Balaban J connectivity index is 2.06. The first-order valence-electron chi connectivity index (χ1n) is 8.18. The predicted molar refractivity (Wildman–Crippen MR) is 104 cm³/mol. The number of hydrogen-bond donors (Lipinski definition) is 0. The molecule has 0 N–H and O–H groups in total. The average molecular weight is 377 g/mol. The van der Waals surface area contributed by atoms with Crippen LogP contribution in [0.1, 0.15) is 17.3 Å². The van der Waals surface area contributed by atoms with Crippen molar-refractivity contribution in [3.8, 4) is 6.07 Å². The first-order chi connectivity index (χ1) is 13.2. The van der Waals surface area contributed by atoms with Gasteiger partial charge in [0.2, 0.25) is 5.78 Å². The fourth-order valence-electron chi connectivity index (χ4n) is 2.38. The summed E-state index contributed by atoms with van der Waals surface area (Å²) in [5.41, 5.74) is 0.922. The second-order valence-electron chi connectivity index (χ2n) is 5.36. The molecule has 3 rings (SSSR count). The van der Waals surface area contributed by atoms with Gasteiger partial charge in [0.1, 0.15) is 11.1 Å². The maximum absolute atomic E-state index is 12.8. The van der Waals surface area contributed by atoms with Gasteiger partial charge in [0.15, 0.2) is 10.6 Å². The number of anilines is 1. The van der Waals surface area contributed by atoms with Crippen LogP contribution in [0.25, 0.3) is 0 Å². The van der Waals surface area contributed by atoms with Crippen LogP contribution in [0.15, 0.2) is 76.4 Å². The highest BCUT2D eigenvalue weighted by molar-refractivity contribution is 8.19. The molecule has 0 aromatic heterocycles. The van der Waals surface area contributed by atoms with Crippen molar-refractivity contribution in [2.45, 2.75) is 6.92 Å². The highest BCUT2D eigenvalue weighted by atomic mass is 32.2. The van der Waals surface area contributed by atoms with E-state index in [1.165, 1.54) is 5.01 Å². The number of rotatable bonds is 5. The summed E-state index contributed by atoms with van der Waals surface area (Å²) in [6.45, 7) is 1.80. The summed E-state index contributed by atoms with van der Waals surface area (Å²) in [6.07, 6.45) is 0. The number of ketones is 1. The molecule has 2 aromatic carbocycles. The number of nitrogens with zero attached hydrogens (tertiary/aromatic N) is 3. The molecule has 0 spiro atoms.